The number of piperidine rings is 1. The van der Waals surface area contributed by atoms with Crippen molar-refractivity contribution < 1.29 is 5.11 Å². The van der Waals surface area contributed by atoms with Crippen LogP contribution in [0.2, 0.25) is 0 Å². The van der Waals surface area contributed by atoms with Crippen LogP contribution in [0.5, 0.6) is 0 Å². The molecule has 1 heterocycles. The van der Waals surface area contributed by atoms with Gasteiger partial charge in [0.05, 0.1) is 0 Å². The van der Waals surface area contributed by atoms with E-state index in [2.05, 4.69) is 36.5 Å². The highest BCUT2D eigenvalue weighted by Crippen LogP contribution is 2.45. The molecule has 0 saturated carbocycles. The highest BCUT2D eigenvalue weighted by Gasteiger charge is 2.39. The fourth-order valence-electron chi connectivity index (χ4n) is 3.16. The summed E-state index contributed by atoms with van der Waals surface area (Å²) in [7, 11) is 0. The SMILES string of the molecule is CCc1ccc2c(c1)C(O)=CC21CCNCC1. The zero-order chi connectivity index (χ0) is 11.9. The summed E-state index contributed by atoms with van der Waals surface area (Å²) in [6, 6.07) is 6.58. The molecule has 1 aliphatic carbocycles. The number of aliphatic hydroxyl groups excluding tert-OH is 1. The molecule has 0 bridgehead atoms. The van der Waals surface area contributed by atoms with E-state index in [1.54, 1.807) is 0 Å². The lowest BCUT2D eigenvalue weighted by Crippen LogP contribution is -2.37. The van der Waals surface area contributed by atoms with Crippen molar-refractivity contribution in [3.8, 4) is 0 Å². The fraction of sp³-hybridized carbons (Fsp3) is 0.467. The lowest BCUT2D eigenvalue weighted by atomic mass is 9.75. The number of aliphatic hydroxyl groups is 1. The van der Waals surface area contributed by atoms with E-state index in [9.17, 15) is 5.11 Å². The summed E-state index contributed by atoms with van der Waals surface area (Å²) in [6.45, 7) is 4.23. The Labute approximate surface area is 102 Å². The maximum atomic E-state index is 10.2. The third kappa shape index (κ3) is 1.59. The molecule has 2 heteroatoms. The van der Waals surface area contributed by atoms with Crippen molar-refractivity contribution in [3.05, 3.63) is 41.0 Å². The van der Waals surface area contributed by atoms with E-state index in [0.717, 1.165) is 37.9 Å². The molecule has 1 aromatic carbocycles. The number of aryl methyl sites for hydroxylation is 1. The van der Waals surface area contributed by atoms with Crippen LogP contribution in [-0.4, -0.2) is 18.2 Å². The van der Waals surface area contributed by atoms with Crippen molar-refractivity contribution >= 4 is 5.76 Å². The molecule has 1 aliphatic heterocycles. The lowest BCUT2D eigenvalue weighted by Gasteiger charge is -2.33. The molecule has 3 rings (SSSR count). The molecule has 2 N–H and O–H groups in total. The number of hydrogen-bond donors (Lipinski definition) is 2. The van der Waals surface area contributed by atoms with Crippen LogP contribution < -0.4 is 5.32 Å². The summed E-state index contributed by atoms with van der Waals surface area (Å²) >= 11 is 0. The van der Waals surface area contributed by atoms with Gasteiger partial charge < -0.3 is 10.4 Å². The summed E-state index contributed by atoms with van der Waals surface area (Å²) in [4.78, 5) is 0. The van der Waals surface area contributed by atoms with Crippen molar-refractivity contribution in [2.24, 2.45) is 0 Å². The van der Waals surface area contributed by atoms with E-state index in [0.29, 0.717) is 5.76 Å². The number of allylic oxidation sites excluding steroid dienone is 1. The number of nitrogens with one attached hydrogen (secondary N) is 1. The monoisotopic (exact) mass is 229 g/mol. The van der Waals surface area contributed by atoms with E-state index in [1.165, 1.54) is 11.1 Å². The van der Waals surface area contributed by atoms with Crippen LogP contribution in [0.25, 0.3) is 5.76 Å². The first-order valence-corrected chi connectivity index (χ1v) is 6.51. The largest absolute Gasteiger partial charge is 0.508 e. The Morgan fingerprint density at radius 1 is 1.29 bits per heavy atom. The third-order valence-electron chi connectivity index (χ3n) is 4.21. The van der Waals surface area contributed by atoms with Crippen LogP contribution >= 0.6 is 0 Å². The van der Waals surface area contributed by atoms with Crippen molar-refractivity contribution in [3.63, 3.8) is 0 Å². The lowest BCUT2D eigenvalue weighted by molar-refractivity contribution is 0.376. The van der Waals surface area contributed by atoms with Crippen molar-refractivity contribution in [2.45, 2.75) is 31.6 Å². The van der Waals surface area contributed by atoms with Crippen LogP contribution in [-0.2, 0) is 11.8 Å². The third-order valence-corrected chi connectivity index (χ3v) is 4.21. The van der Waals surface area contributed by atoms with Crippen LogP contribution in [0.1, 0.15) is 36.5 Å². The number of benzene rings is 1. The van der Waals surface area contributed by atoms with Gasteiger partial charge in [-0.1, -0.05) is 19.1 Å². The van der Waals surface area contributed by atoms with Crippen LogP contribution in [0, 0.1) is 0 Å². The number of rotatable bonds is 1. The summed E-state index contributed by atoms with van der Waals surface area (Å²) in [6.07, 6.45) is 5.29. The van der Waals surface area contributed by atoms with E-state index in [4.69, 9.17) is 0 Å². The minimum atomic E-state index is 0.0942. The molecule has 0 amide bonds. The minimum absolute atomic E-state index is 0.0942. The van der Waals surface area contributed by atoms with Gasteiger partial charge in [0.1, 0.15) is 5.76 Å². The van der Waals surface area contributed by atoms with E-state index < -0.39 is 0 Å². The Hall–Kier alpha value is -1.28. The zero-order valence-corrected chi connectivity index (χ0v) is 10.3. The van der Waals surface area contributed by atoms with Gasteiger partial charge in [-0.3, -0.25) is 0 Å². The normalized spacial score (nSPS) is 21.4. The van der Waals surface area contributed by atoms with Gasteiger partial charge in [0.15, 0.2) is 0 Å². The quantitative estimate of drug-likeness (QED) is 0.776. The first-order chi connectivity index (χ1) is 8.25. The van der Waals surface area contributed by atoms with E-state index >= 15 is 0 Å². The predicted octanol–water partition coefficient (Wildman–Crippen LogP) is 2.78. The van der Waals surface area contributed by atoms with Crippen molar-refractivity contribution in [2.75, 3.05) is 13.1 Å². The highest BCUT2D eigenvalue weighted by molar-refractivity contribution is 5.72. The average molecular weight is 229 g/mol. The Kier molecular flexibility index (Phi) is 2.48. The Morgan fingerprint density at radius 3 is 2.76 bits per heavy atom. The number of hydrogen-bond acceptors (Lipinski definition) is 2. The molecule has 0 unspecified atom stereocenters. The van der Waals surface area contributed by atoms with Gasteiger partial charge in [-0.25, -0.2) is 0 Å². The molecular weight excluding hydrogens is 210 g/mol. The van der Waals surface area contributed by atoms with Gasteiger partial charge in [-0.15, -0.1) is 0 Å². The molecule has 1 saturated heterocycles. The van der Waals surface area contributed by atoms with Crippen LogP contribution in [0.4, 0.5) is 0 Å². The maximum absolute atomic E-state index is 10.2. The molecule has 90 valence electrons. The van der Waals surface area contributed by atoms with Gasteiger partial charge in [0, 0.05) is 11.0 Å². The molecule has 0 aromatic heterocycles. The van der Waals surface area contributed by atoms with E-state index in [1.807, 2.05) is 0 Å². The Balaban J connectivity index is 2.09. The molecule has 0 atom stereocenters. The minimum Gasteiger partial charge on any atom is -0.508 e. The predicted molar refractivity (Wildman–Crippen MR) is 70.2 cm³/mol. The van der Waals surface area contributed by atoms with Gasteiger partial charge in [0.2, 0.25) is 0 Å². The second-order valence-corrected chi connectivity index (χ2v) is 5.17. The second kappa shape index (κ2) is 3.88. The zero-order valence-electron chi connectivity index (χ0n) is 10.3. The molecule has 1 spiro atoms. The first kappa shape index (κ1) is 10.8. The average Bonchev–Trinajstić information content (AvgIpc) is 2.63. The summed E-state index contributed by atoms with van der Waals surface area (Å²) in [5.41, 5.74) is 3.78. The molecule has 0 radical (unpaired) electrons. The fourth-order valence-corrected chi connectivity index (χ4v) is 3.16. The maximum Gasteiger partial charge on any atom is 0.120 e. The highest BCUT2D eigenvalue weighted by atomic mass is 16.3. The van der Waals surface area contributed by atoms with Crippen LogP contribution in [0.15, 0.2) is 24.3 Å². The van der Waals surface area contributed by atoms with Gasteiger partial charge in [0.25, 0.3) is 0 Å². The summed E-state index contributed by atoms with van der Waals surface area (Å²) in [5, 5.41) is 13.6. The van der Waals surface area contributed by atoms with Crippen molar-refractivity contribution in [1.82, 2.24) is 5.32 Å². The number of fused-ring (bicyclic) bond motifs is 2. The Morgan fingerprint density at radius 2 is 2.06 bits per heavy atom. The van der Waals surface area contributed by atoms with Crippen LogP contribution in [0.3, 0.4) is 0 Å². The molecule has 2 nitrogen and oxygen atoms in total. The molecule has 2 aliphatic rings. The van der Waals surface area contributed by atoms with Crippen molar-refractivity contribution in [1.29, 1.82) is 0 Å². The molecule has 17 heavy (non-hydrogen) atoms. The molecular formula is C15H19NO. The first-order valence-electron chi connectivity index (χ1n) is 6.51. The van der Waals surface area contributed by atoms with Gasteiger partial charge in [-0.2, -0.15) is 0 Å². The topological polar surface area (TPSA) is 32.3 Å². The smallest absolute Gasteiger partial charge is 0.120 e. The van der Waals surface area contributed by atoms with Gasteiger partial charge in [-0.05, 0) is 55.6 Å². The Bertz CT molecular complexity index is 470. The van der Waals surface area contributed by atoms with E-state index in [-0.39, 0.29) is 5.41 Å². The summed E-state index contributed by atoms with van der Waals surface area (Å²) < 4.78 is 0. The van der Waals surface area contributed by atoms with Gasteiger partial charge >= 0.3 is 0 Å². The molecule has 1 aromatic rings. The summed E-state index contributed by atoms with van der Waals surface area (Å²) in [5.74, 6) is 0.484. The molecule has 1 fully saturated rings. The standard InChI is InChI=1S/C15H19NO/c1-2-11-3-4-13-12(9-11)14(17)10-15(13)5-7-16-8-6-15/h3-4,9-10,16-17H,2,5-8H2,1H3. The second-order valence-electron chi connectivity index (χ2n) is 5.17.